The van der Waals surface area contributed by atoms with Crippen molar-refractivity contribution in [3.8, 4) is 0 Å². The molecule has 10 atom stereocenters. The van der Waals surface area contributed by atoms with Gasteiger partial charge in [-0.25, -0.2) is 9.59 Å². The Bertz CT molecular complexity index is 1070. The normalized spacial score (nSPS) is 40.1. The minimum absolute atomic E-state index is 0.0846. The average molecular weight is 569 g/mol. The van der Waals surface area contributed by atoms with Crippen molar-refractivity contribution in [2.45, 2.75) is 103 Å². The van der Waals surface area contributed by atoms with E-state index in [9.17, 15) is 39.6 Å². The first-order chi connectivity index (χ1) is 18.5. The van der Waals surface area contributed by atoms with E-state index in [4.69, 9.17) is 19.3 Å². The molecule has 3 rings (SSSR count). The second-order valence-corrected chi connectivity index (χ2v) is 11.7. The first kappa shape index (κ1) is 31.7. The summed E-state index contributed by atoms with van der Waals surface area (Å²) in [6.45, 7) is 10.9. The van der Waals surface area contributed by atoms with Crippen LogP contribution in [0.25, 0.3) is 0 Å². The maximum absolute atomic E-state index is 14.0. The Morgan fingerprint density at radius 2 is 1.68 bits per heavy atom. The van der Waals surface area contributed by atoms with E-state index in [-0.39, 0.29) is 5.92 Å². The van der Waals surface area contributed by atoms with Crippen molar-refractivity contribution >= 4 is 23.9 Å². The number of aliphatic hydroxyl groups is 3. The lowest BCUT2D eigenvalue weighted by molar-refractivity contribution is -0.293. The van der Waals surface area contributed by atoms with Gasteiger partial charge in [-0.3, -0.25) is 9.59 Å². The van der Waals surface area contributed by atoms with E-state index in [1.165, 1.54) is 6.92 Å². The largest absolute Gasteiger partial charge is 0.479 e. The molecule has 12 nitrogen and oxygen atoms in total. The Kier molecular flexibility index (Phi) is 9.50. The van der Waals surface area contributed by atoms with Crippen LogP contribution in [0.3, 0.4) is 0 Å². The zero-order valence-corrected chi connectivity index (χ0v) is 23.2. The third kappa shape index (κ3) is 5.95. The van der Waals surface area contributed by atoms with Crippen LogP contribution in [0.5, 0.6) is 0 Å². The molecule has 0 aromatic carbocycles. The lowest BCUT2D eigenvalue weighted by Crippen LogP contribution is -2.63. The summed E-state index contributed by atoms with van der Waals surface area (Å²) in [7, 11) is 0. The highest BCUT2D eigenvalue weighted by Gasteiger charge is 2.63. The number of carbonyl (C=O) groups is 4. The third-order valence-corrected chi connectivity index (χ3v) is 9.16. The molecule has 0 amide bonds. The summed E-state index contributed by atoms with van der Waals surface area (Å²) >= 11 is 0. The quantitative estimate of drug-likeness (QED) is 0.161. The monoisotopic (exact) mass is 568 g/mol. The highest BCUT2D eigenvalue weighted by molar-refractivity contribution is 5.80. The van der Waals surface area contributed by atoms with Crippen LogP contribution >= 0.6 is 0 Å². The van der Waals surface area contributed by atoms with Crippen LogP contribution in [0.4, 0.5) is 0 Å². The molecule has 40 heavy (non-hydrogen) atoms. The van der Waals surface area contributed by atoms with Crippen molar-refractivity contribution in [3.63, 3.8) is 0 Å². The van der Waals surface area contributed by atoms with E-state index in [0.717, 1.165) is 11.6 Å². The zero-order chi connectivity index (χ0) is 30.2. The SMILES string of the molecule is C=C1CCC2[C@](C)(CC[C@@H](OC(C)=O)[C@]2(C)C(=O)O[C@@H]2O[C@H](C(=O)O)[C@@H](O)[C@H](O)[C@H]2O)[C@H]1CC/C(C)=C/C(=O)O. The number of carbonyl (C=O) groups excluding carboxylic acids is 2. The van der Waals surface area contributed by atoms with Crippen molar-refractivity contribution in [1.82, 2.24) is 0 Å². The number of allylic oxidation sites excluding steroid dienone is 2. The second-order valence-electron chi connectivity index (χ2n) is 11.7. The number of rotatable bonds is 8. The van der Waals surface area contributed by atoms with E-state index in [2.05, 4.69) is 6.58 Å². The fourth-order valence-corrected chi connectivity index (χ4v) is 7.07. The van der Waals surface area contributed by atoms with Crippen molar-refractivity contribution in [3.05, 3.63) is 23.8 Å². The van der Waals surface area contributed by atoms with E-state index in [0.29, 0.717) is 44.1 Å². The molecule has 0 aromatic rings. The van der Waals surface area contributed by atoms with Crippen molar-refractivity contribution in [1.29, 1.82) is 0 Å². The molecule has 3 aliphatic rings. The topological polar surface area (TPSA) is 197 Å². The fraction of sp³-hybridized carbons (Fsp3) is 0.714. The van der Waals surface area contributed by atoms with E-state index < -0.39 is 77.4 Å². The van der Waals surface area contributed by atoms with Gasteiger partial charge in [0.1, 0.15) is 29.8 Å². The van der Waals surface area contributed by atoms with Crippen LogP contribution in [0.1, 0.15) is 66.2 Å². The minimum Gasteiger partial charge on any atom is -0.479 e. The van der Waals surface area contributed by atoms with Gasteiger partial charge in [0.25, 0.3) is 0 Å². The summed E-state index contributed by atoms with van der Waals surface area (Å²) in [5.74, 6) is -4.64. The Labute approximate surface area is 232 Å². The summed E-state index contributed by atoms with van der Waals surface area (Å²) in [4.78, 5) is 48.7. The Morgan fingerprint density at radius 1 is 1.02 bits per heavy atom. The van der Waals surface area contributed by atoms with Crippen molar-refractivity contribution in [2.24, 2.45) is 22.7 Å². The van der Waals surface area contributed by atoms with Crippen LogP contribution < -0.4 is 0 Å². The van der Waals surface area contributed by atoms with Gasteiger partial charge in [-0.2, -0.15) is 0 Å². The number of hydrogen-bond donors (Lipinski definition) is 5. The summed E-state index contributed by atoms with van der Waals surface area (Å²) < 4.78 is 16.3. The molecule has 224 valence electrons. The molecule has 0 spiro atoms. The highest BCUT2D eigenvalue weighted by Crippen LogP contribution is 2.63. The first-order valence-electron chi connectivity index (χ1n) is 13.4. The van der Waals surface area contributed by atoms with E-state index >= 15 is 0 Å². The Balaban J connectivity index is 1.96. The molecule has 0 bridgehead atoms. The maximum atomic E-state index is 14.0. The van der Waals surface area contributed by atoms with Crippen LogP contribution in [0, 0.1) is 22.7 Å². The molecule has 1 aliphatic heterocycles. The number of esters is 2. The lowest BCUT2D eigenvalue weighted by Gasteiger charge is -2.59. The standard InChI is InChI=1S/C28H40O12/c1-13(12-19(30)31)6-8-16-14(2)7-9-17-27(16,4)11-10-18(38-15(3)29)28(17,5)26(37)40-25-22(34)20(32)21(33)23(39-25)24(35)36/h12,16-18,20-23,25,32-34H,2,6-11H2,1,3-5H3,(H,30,31)(H,35,36)/b13-12+/t16-,17?,18+,20-,21-,22+,23-,25-,27+,28+/m0/s1. The van der Waals surface area contributed by atoms with Gasteiger partial charge in [0.15, 0.2) is 6.10 Å². The van der Waals surface area contributed by atoms with Crippen LogP contribution in [0.15, 0.2) is 23.8 Å². The van der Waals surface area contributed by atoms with Gasteiger partial charge >= 0.3 is 23.9 Å². The van der Waals surface area contributed by atoms with Gasteiger partial charge in [-0.15, -0.1) is 0 Å². The molecule has 2 aliphatic carbocycles. The lowest BCUT2D eigenvalue weighted by atomic mass is 9.46. The smallest absolute Gasteiger partial charge is 0.335 e. The predicted molar refractivity (Wildman–Crippen MR) is 137 cm³/mol. The average Bonchev–Trinajstić information content (AvgIpc) is 2.84. The maximum Gasteiger partial charge on any atom is 0.335 e. The van der Waals surface area contributed by atoms with E-state index in [1.54, 1.807) is 13.8 Å². The zero-order valence-electron chi connectivity index (χ0n) is 23.2. The van der Waals surface area contributed by atoms with Crippen LogP contribution in [-0.2, 0) is 33.4 Å². The number of aliphatic hydroxyl groups excluding tert-OH is 3. The number of aliphatic carboxylic acids is 2. The molecule has 1 heterocycles. The van der Waals surface area contributed by atoms with Gasteiger partial charge in [0.05, 0.1) is 0 Å². The third-order valence-electron chi connectivity index (χ3n) is 9.16. The van der Waals surface area contributed by atoms with Crippen LogP contribution in [-0.4, -0.2) is 86.2 Å². The molecular weight excluding hydrogens is 528 g/mol. The summed E-state index contributed by atoms with van der Waals surface area (Å²) in [5.41, 5.74) is -0.295. The summed E-state index contributed by atoms with van der Waals surface area (Å²) in [5, 5.41) is 49.1. The number of hydrogen-bond acceptors (Lipinski definition) is 10. The van der Waals surface area contributed by atoms with E-state index in [1.807, 2.05) is 6.92 Å². The van der Waals surface area contributed by atoms with Gasteiger partial charge < -0.3 is 39.7 Å². The summed E-state index contributed by atoms with van der Waals surface area (Å²) in [6.07, 6.45) is -6.35. The Hall–Kier alpha value is -2.80. The second kappa shape index (κ2) is 12.0. The van der Waals surface area contributed by atoms with Crippen molar-refractivity contribution in [2.75, 3.05) is 0 Å². The first-order valence-corrected chi connectivity index (χ1v) is 13.4. The number of ether oxygens (including phenoxy) is 3. The Morgan fingerprint density at radius 3 is 2.25 bits per heavy atom. The minimum atomic E-state index is -1.95. The predicted octanol–water partition coefficient (Wildman–Crippen LogP) is 1.55. The molecule has 3 fully saturated rings. The number of fused-ring (bicyclic) bond motifs is 1. The molecule has 2 saturated carbocycles. The number of carboxylic acid groups (broad SMARTS) is 2. The molecule has 1 unspecified atom stereocenters. The molecule has 5 N–H and O–H groups in total. The molecule has 1 saturated heterocycles. The van der Waals surface area contributed by atoms with Gasteiger partial charge in [0, 0.05) is 13.0 Å². The molecule has 12 heteroatoms. The van der Waals surface area contributed by atoms with Crippen molar-refractivity contribution < 1.29 is 58.9 Å². The van der Waals surface area contributed by atoms with Gasteiger partial charge in [-0.1, -0.05) is 24.6 Å². The van der Waals surface area contributed by atoms with Gasteiger partial charge in [-0.05, 0) is 69.6 Å². The molecular formula is C28H40O12. The van der Waals surface area contributed by atoms with Gasteiger partial charge in [0.2, 0.25) is 6.29 Å². The number of carboxylic acids is 2. The highest BCUT2D eigenvalue weighted by atomic mass is 16.7. The van der Waals surface area contributed by atoms with Crippen LogP contribution in [0.2, 0.25) is 0 Å². The summed E-state index contributed by atoms with van der Waals surface area (Å²) in [6, 6.07) is 0. The molecule has 0 radical (unpaired) electrons. The molecule has 0 aromatic heterocycles. The fourth-order valence-electron chi connectivity index (χ4n) is 7.07.